The molecular weight excluding hydrogens is 224 g/mol. The largest absolute Gasteiger partial charge is 0.330 e. The third-order valence-electron chi connectivity index (χ3n) is 3.00. The summed E-state index contributed by atoms with van der Waals surface area (Å²) in [5.41, 5.74) is 8.14. The van der Waals surface area contributed by atoms with Crippen LogP contribution in [0.5, 0.6) is 0 Å². The monoisotopic (exact) mass is 244 g/mol. The molecule has 0 saturated carbocycles. The van der Waals surface area contributed by atoms with E-state index in [1.165, 1.54) is 5.56 Å². The van der Waals surface area contributed by atoms with Crippen LogP contribution in [-0.4, -0.2) is 21.3 Å². The Balaban J connectivity index is 2.32. The van der Waals surface area contributed by atoms with E-state index in [0.717, 1.165) is 17.9 Å². The molecule has 96 valence electrons. The van der Waals surface area contributed by atoms with Crippen LogP contribution in [0.4, 0.5) is 0 Å². The molecule has 4 heteroatoms. The van der Waals surface area contributed by atoms with Crippen molar-refractivity contribution in [2.24, 2.45) is 5.73 Å². The molecule has 0 fully saturated rings. The first-order valence-corrected chi connectivity index (χ1v) is 6.22. The van der Waals surface area contributed by atoms with Crippen LogP contribution in [0.1, 0.15) is 32.2 Å². The Labute approximate surface area is 108 Å². The second kappa shape index (κ2) is 4.90. The van der Waals surface area contributed by atoms with Crippen LogP contribution < -0.4 is 5.73 Å². The number of benzene rings is 1. The van der Waals surface area contributed by atoms with Crippen molar-refractivity contribution in [3.8, 4) is 5.69 Å². The minimum atomic E-state index is 0.172. The minimum Gasteiger partial charge on any atom is -0.330 e. The number of rotatable bonds is 3. The summed E-state index contributed by atoms with van der Waals surface area (Å²) in [6, 6.07) is 8.51. The molecule has 0 spiro atoms. The lowest BCUT2D eigenvalue weighted by atomic mass is 9.87. The topological polar surface area (TPSA) is 56.7 Å². The molecule has 0 saturated heterocycles. The highest BCUT2D eigenvalue weighted by Crippen LogP contribution is 2.23. The molecule has 2 rings (SSSR count). The first kappa shape index (κ1) is 12.8. The van der Waals surface area contributed by atoms with Gasteiger partial charge in [0.15, 0.2) is 0 Å². The lowest BCUT2D eigenvalue weighted by Crippen LogP contribution is -2.11. The highest BCUT2D eigenvalue weighted by Gasteiger charge is 2.13. The van der Waals surface area contributed by atoms with E-state index in [4.69, 9.17) is 5.73 Å². The molecule has 1 heterocycles. The highest BCUT2D eigenvalue weighted by molar-refractivity contribution is 5.37. The Morgan fingerprint density at radius 3 is 2.39 bits per heavy atom. The Kier molecular flexibility index (Phi) is 3.48. The summed E-state index contributed by atoms with van der Waals surface area (Å²) in [6.45, 7) is 7.21. The van der Waals surface area contributed by atoms with Crippen LogP contribution >= 0.6 is 0 Å². The summed E-state index contributed by atoms with van der Waals surface area (Å²) < 4.78 is 1.99. The van der Waals surface area contributed by atoms with Gasteiger partial charge in [-0.1, -0.05) is 32.9 Å². The van der Waals surface area contributed by atoms with Gasteiger partial charge in [-0.2, -0.15) is 0 Å². The summed E-state index contributed by atoms with van der Waals surface area (Å²) in [4.78, 5) is 0. The number of nitrogens with zero attached hydrogens (tertiary/aromatic N) is 3. The molecule has 0 aliphatic rings. The van der Waals surface area contributed by atoms with Gasteiger partial charge in [0.25, 0.3) is 0 Å². The maximum Gasteiger partial charge on any atom is 0.138 e. The average Bonchev–Trinajstić information content (AvgIpc) is 2.77. The molecule has 0 unspecified atom stereocenters. The number of nitrogens with two attached hydrogens (primary N) is 1. The Hall–Kier alpha value is -1.68. The van der Waals surface area contributed by atoms with Gasteiger partial charge in [0.1, 0.15) is 12.2 Å². The number of aromatic nitrogens is 3. The van der Waals surface area contributed by atoms with E-state index in [1.807, 2.05) is 4.57 Å². The van der Waals surface area contributed by atoms with E-state index in [1.54, 1.807) is 6.33 Å². The lowest BCUT2D eigenvalue weighted by Gasteiger charge is -2.19. The van der Waals surface area contributed by atoms with Crippen molar-refractivity contribution in [1.82, 2.24) is 14.8 Å². The van der Waals surface area contributed by atoms with Gasteiger partial charge in [0, 0.05) is 12.1 Å². The van der Waals surface area contributed by atoms with Gasteiger partial charge in [0.2, 0.25) is 0 Å². The van der Waals surface area contributed by atoms with Crippen molar-refractivity contribution in [2.75, 3.05) is 6.54 Å². The lowest BCUT2D eigenvalue weighted by molar-refractivity contribution is 0.590. The zero-order chi connectivity index (χ0) is 13.2. The van der Waals surface area contributed by atoms with Crippen molar-refractivity contribution in [2.45, 2.75) is 32.6 Å². The summed E-state index contributed by atoms with van der Waals surface area (Å²) >= 11 is 0. The summed E-state index contributed by atoms with van der Waals surface area (Å²) in [7, 11) is 0. The third-order valence-corrected chi connectivity index (χ3v) is 3.00. The van der Waals surface area contributed by atoms with Gasteiger partial charge in [0.05, 0.1) is 0 Å². The SMILES string of the molecule is CC(C)(C)c1ccc(-n2cnnc2CCN)cc1. The zero-order valence-corrected chi connectivity index (χ0v) is 11.2. The van der Waals surface area contributed by atoms with Crippen molar-refractivity contribution in [3.05, 3.63) is 42.0 Å². The maximum atomic E-state index is 5.57. The molecule has 1 aromatic heterocycles. The predicted molar refractivity (Wildman–Crippen MR) is 72.8 cm³/mol. The molecule has 0 amide bonds. The van der Waals surface area contributed by atoms with Crippen LogP contribution in [0.25, 0.3) is 5.69 Å². The summed E-state index contributed by atoms with van der Waals surface area (Å²) in [6.07, 6.45) is 2.47. The molecule has 0 aliphatic carbocycles. The molecule has 0 aliphatic heterocycles. The minimum absolute atomic E-state index is 0.172. The molecular formula is C14H20N4. The molecule has 0 bridgehead atoms. The first-order valence-electron chi connectivity index (χ1n) is 6.22. The van der Waals surface area contributed by atoms with E-state index in [0.29, 0.717) is 6.54 Å². The van der Waals surface area contributed by atoms with Gasteiger partial charge >= 0.3 is 0 Å². The molecule has 4 nitrogen and oxygen atoms in total. The molecule has 2 aromatic rings. The zero-order valence-electron chi connectivity index (χ0n) is 11.2. The van der Waals surface area contributed by atoms with Gasteiger partial charge in [-0.15, -0.1) is 10.2 Å². The third kappa shape index (κ3) is 2.59. The van der Waals surface area contributed by atoms with E-state index >= 15 is 0 Å². The van der Waals surface area contributed by atoms with Crippen molar-refractivity contribution in [3.63, 3.8) is 0 Å². The average molecular weight is 244 g/mol. The smallest absolute Gasteiger partial charge is 0.138 e. The number of hydrogen-bond acceptors (Lipinski definition) is 3. The second-order valence-electron chi connectivity index (χ2n) is 5.45. The van der Waals surface area contributed by atoms with Crippen LogP contribution in [0.2, 0.25) is 0 Å². The van der Waals surface area contributed by atoms with Gasteiger partial charge in [-0.3, -0.25) is 4.57 Å². The van der Waals surface area contributed by atoms with Crippen LogP contribution in [0.15, 0.2) is 30.6 Å². The molecule has 2 N–H and O–H groups in total. The highest BCUT2D eigenvalue weighted by atomic mass is 15.3. The van der Waals surface area contributed by atoms with E-state index in [-0.39, 0.29) is 5.41 Å². The Bertz CT molecular complexity index is 505. The fraction of sp³-hybridized carbons (Fsp3) is 0.429. The predicted octanol–water partition coefficient (Wildman–Crippen LogP) is 2.07. The van der Waals surface area contributed by atoms with Gasteiger partial charge in [-0.05, 0) is 29.7 Å². The van der Waals surface area contributed by atoms with E-state index in [9.17, 15) is 0 Å². The van der Waals surface area contributed by atoms with Crippen molar-refractivity contribution < 1.29 is 0 Å². The first-order chi connectivity index (χ1) is 8.52. The maximum absolute atomic E-state index is 5.57. The van der Waals surface area contributed by atoms with Crippen LogP contribution in [0, 0.1) is 0 Å². The molecule has 0 atom stereocenters. The van der Waals surface area contributed by atoms with Gasteiger partial charge < -0.3 is 5.73 Å². The van der Waals surface area contributed by atoms with Crippen molar-refractivity contribution in [1.29, 1.82) is 0 Å². The Morgan fingerprint density at radius 1 is 1.17 bits per heavy atom. The van der Waals surface area contributed by atoms with E-state index < -0.39 is 0 Å². The summed E-state index contributed by atoms with van der Waals surface area (Å²) in [5.74, 6) is 0.904. The van der Waals surface area contributed by atoms with Gasteiger partial charge in [-0.25, -0.2) is 0 Å². The summed E-state index contributed by atoms with van der Waals surface area (Å²) in [5, 5.41) is 8.03. The quantitative estimate of drug-likeness (QED) is 0.899. The van der Waals surface area contributed by atoms with E-state index in [2.05, 4.69) is 55.2 Å². The van der Waals surface area contributed by atoms with Crippen LogP contribution in [-0.2, 0) is 11.8 Å². The standard InChI is InChI=1S/C14H20N4/c1-14(2,3)11-4-6-12(7-5-11)18-10-16-17-13(18)8-9-15/h4-7,10H,8-9,15H2,1-3H3. The second-order valence-corrected chi connectivity index (χ2v) is 5.45. The molecule has 18 heavy (non-hydrogen) atoms. The van der Waals surface area contributed by atoms with Crippen molar-refractivity contribution >= 4 is 0 Å². The fourth-order valence-corrected chi connectivity index (χ4v) is 1.90. The molecule has 0 radical (unpaired) electrons. The number of hydrogen-bond donors (Lipinski definition) is 1. The van der Waals surface area contributed by atoms with Crippen LogP contribution in [0.3, 0.4) is 0 Å². The fourth-order valence-electron chi connectivity index (χ4n) is 1.90. The Morgan fingerprint density at radius 2 is 1.83 bits per heavy atom. The normalized spacial score (nSPS) is 11.8. The molecule has 1 aromatic carbocycles.